The quantitative estimate of drug-likeness (QED) is 0.568. The number of para-hydroxylation sites is 2. The lowest BCUT2D eigenvalue weighted by Crippen LogP contribution is -3.11. The highest BCUT2D eigenvalue weighted by Crippen LogP contribution is 2.24. The van der Waals surface area contributed by atoms with E-state index in [0.717, 1.165) is 40.7 Å². The van der Waals surface area contributed by atoms with Gasteiger partial charge in [-0.1, -0.05) is 43.3 Å². The summed E-state index contributed by atoms with van der Waals surface area (Å²) in [5.41, 5.74) is 4.19. The van der Waals surface area contributed by atoms with E-state index in [-0.39, 0.29) is 5.91 Å². The molecule has 2 N–H and O–H groups in total. The van der Waals surface area contributed by atoms with Crippen molar-refractivity contribution in [1.82, 2.24) is 4.98 Å². The molecule has 1 unspecified atom stereocenters. The molecule has 0 saturated heterocycles. The predicted molar refractivity (Wildman–Crippen MR) is 119 cm³/mol. The molecule has 0 saturated carbocycles. The number of carbonyl (C=O) groups excluding carboxylic acids is 1. The molecule has 1 heterocycles. The lowest BCUT2D eigenvalue weighted by molar-refractivity contribution is -0.904. The Labute approximate surface area is 176 Å². The topological polar surface area (TPSA) is 55.7 Å². The Morgan fingerprint density at radius 1 is 1.14 bits per heavy atom. The fourth-order valence-corrected chi connectivity index (χ4v) is 3.97. The van der Waals surface area contributed by atoms with Crippen LogP contribution in [0.15, 0.2) is 53.9 Å². The van der Waals surface area contributed by atoms with Gasteiger partial charge in [-0.3, -0.25) is 4.79 Å². The predicted octanol–water partition coefficient (Wildman–Crippen LogP) is 3.42. The molecule has 3 rings (SSSR count). The van der Waals surface area contributed by atoms with E-state index in [0.29, 0.717) is 18.0 Å². The van der Waals surface area contributed by atoms with E-state index in [9.17, 15) is 4.79 Å². The standard InChI is InChI=1S/C23H27N3O2S/c1-4-17-10-12-18(13-11-17)23-24-19(16-29-23)14-26(5-2)15-22(27)25-20-8-6-7-9-21(20)28-3/h6-13,16H,4-5,14-15H2,1-3H3,(H,25,27)/p+1. The van der Waals surface area contributed by atoms with Gasteiger partial charge in [0, 0.05) is 10.9 Å². The highest BCUT2D eigenvalue weighted by molar-refractivity contribution is 7.13. The van der Waals surface area contributed by atoms with E-state index in [1.165, 1.54) is 5.56 Å². The first kappa shape index (κ1) is 21.0. The van der Waals surface area contributed by atoms with Crippen molar-refractivity contribution in [2.45, 2.75) is 26.8 Å². The van der Waals surface area contributed by atoms with Crippen molar-refractivity contribution in [1.29, 1.82) is 0 Å². The number of anilines is 1. The third-order valence-electron chi connectivity index (χ3n) is 4.88. The normalized spacial score (nSPS) is 11.8. The number of rotatable bonds is 9. The van der Waals surface area contributed by atoms with E-state index >= 15 is 0 Å². The maximum Gasteiger partial charge on any atom is 0.279 e. The number of ether oxygens (including phenoxy) is 1. The van der Waals surface area contributed by atoms with Gasteiger partial charge < -0.3 is 15.0 Å². The molecule has 0 aliphatic rings. The molecule has 0 spiro atoms. The summed E-state index contributed by atoms with van der Waals surface area (Å²) < 4.78 is 5.30. The van der Waals surface area contributed by atoms with Gasteiger partial charge in [0.25, 0.3) is 5.91 Å². The molecule has 6 heteroatoms. The van der Waals surface area contributed by atoms with Crippen molar-refractivity contribution in [3.63, 3.8) is 0 Å². The number of benzene rings is 2. The van der Waals surface area contributed by atoms with Crippen LogP contribution in [0.1, 0.15) is 25.1 Å². The molecule has 1 amide bonds. The van der Waals surface area contributed by atoms with Crippen LogP contribution in [-0.4, -0.2) is 31.1 Å². The number of hydrogen-bond acceptors (Lipinski definition) is 4. The second kappa shape index (κ2) is 10.2. The summed E-state index contributed by atoms with van der Waals surface area (Å²) in [5, 5.41) is 6.07. The van der Waals surface area contributed by atoms with Crippen molar-refractivity contribution in [2.24, 2.45) is 0 Å². The Kier molecular flexibility index (Phi) is 7.38. The lowest BCUT2D eigenvalue weighted by Gasteiger charge is -2.17. The van der Waals surface area contributed by atoms with E-state index in [1.807, 2.05) is 24.3 Å². The zero-order valence-corrected chi connectivity index (χ0v) is 18.0. The second-order valence-corrected chi connectivity index (χ2v) is 7.76. The average Bonchev–Trinajstić information content (AvgIpc) is 3.22. The maximum atomic E-state index is 12.5. The summed E-state index contributed by atoms with van der Waals surface area (Å²) in [6.07, 6.45) is 1.04. The first-order chi connectivity index (χ1) is 14.1. The zero-order chi connectivity index (χ0) is 20.6. The minimum Gasteiger partial charge on any atom is -0.495 e. The minimum absolute atomic E-state index is 0.0306. The molecule has 0 aliphatic heterocycles. The Balaban J connectivity index is 1.61. The van der Waals surface area contributed by atoms with Crippen molar-refractivity contribution >= 4 is 22.9 Å². The van der Waals surface area contributed by atoms with E-state index < -0.39 is 0 Å². The molecular weight excluding hydrogens is 382 g/mol. The molecule has 5 nitrogen and oxygen atoms in total. The fourth-order valence-electron chi connectivity index (χ4n) is 3.14. The number of quaternary nitrogens is 1. The summed E-state index contributed by atoms with van der Waals surface area (Å²) in [4.78, 5) is 18.5. The molecule has 1 aromatic heterocycles. The van der Waals surface area contributed by atoms with Gasteiger partial charge in [-0.25, -0.2) is 4.98 Å². The maximum absolute atomic E-state index is 12.5. The van der Waals surface area contributed by atoms with Gasteiger partial charge in [0.2, 0.25) is 0 Å². The Morgan fingerprint density at radius 3 is 2.59 bits per heavy atom. The summed E-state index contributed by atoms with van der Waals surface area (Å²) in [5.74, 6) is 0.633. The van der Waals surface area contributed by atoms with E-state index in [1.54, 1.807) is 18.4 Å². The fraction of sp³-hybridized carbons (Fsp3) is 0.304. The Bertz CT molecular complexity index is 937. The number of thiazole rings is 1. The number of hydrogen-bond donors (Lipinski definition) is 2. The molecule has 2 aromatic carbocycles. The highest BCUT2D eigenvalue weighted by Gasteiger charge is 2.16. The van der Waals surface area contributed by atoms with Crippen LogP contribution in [0.4, 0.5) is 5.69 Å². The van der Waals surface area contributed by atoms with Crippen LogP contribution in [-0.2, 0) is 17.8 Å². The monoisotopic (exact) mass is 410 g/mol. The molecule has 0 fully saturated rings. The number of nitrogens with one attached hydrogen (secondary N) is 2. The van der Waals surface area contributed by atoms with Crippen LogP contribution < -0.4 is 15.0 Å². The van der Waals surface area contributed by atoms with E-state index in [4.69, 9.17) is 9.72 Å². The van der Waals surface area contributed by atoms with Crippen LogP contribution in [0.5, 0.6) is 5.75 Å². The minimum atomic E-state index is -0.0306. The SMILES string of the molecule is CCc1ccc(-c2nc(C[NH+](CC)CC(=O)Nc3ccccc3OC)cs2)cc1. The second-order valence-electron chi connectivity index (χ2n) is 6.90. The van der Waals surface area contributed by atoms with Crippen LogP contribution in [0.2, 0.25) is 0 Å². The molecule has 0 radical (unpaired) electrons. The number of amides is 1. The molecule has 152 valence electrons. The molecule has 0 aliphatic carbocycles. The zero-order valence-electron chi connectivity index (χ0n) is 17.2. The first-order valence-corrected chi connectivity index (χ1v) is 10.8. The summed E-state index contributed by atoms with van der Waals surface area (Å²) in [6, 6.07) is 16.0. The molecule has 29 heavy (non-hydrogen) atoms. The number of methoxy groups -OCH3 is 1. The van der Waals surface area contributed by atoms with Gasteiger partial charge in [0.15, 0.2) is 6.54 Å². The third kappa shape index (κ3) is 5.65. The Morgan fingerprint density at radius 2 is 1.90 bits per heavy atom. The summed E-state index contributed by atoms with van der Waals surface area (Å²) >= 11 is 1.65. The van der Waals surface area contributed by atoms with Crippen molar-refractivity contribution < 1.29 is 14.4 Å². The molecule has 1 atom stereocenters. The first-order valence-electron chi connectivity index (χ1n) is 9.93. The highest BCUT2D eigenvalue weighted by atomic mass is 32.1. The van der Waals surface area contributed by atoms with Crippen LogP contribution in [0, 0.1) is 0 Å². The van der Waals surface area contributed by atoms with Gasteiger partial charge in [-0.05, 0) is 31.0 Å². The van der Waals surface area contributed by atoms with Gasteiger partial charge in [0.1, 0.15) is 23.0 Å². The van der Waals surface area contributed by atoms with E-state index in [2.05, 4.69) is 48.8 Å². The van der Waals surface area contributed by atoms with Gasteiger partial charge in [-0.2, -0.15) is 0 Å². The largest absolute Gasteiger partial charge is 0.495 e. The molecule has 3 aromatic rings. The number of nitrogens with zero attached hydrogens (tertiary/aromatic N) is 1. The lowest BCUT2D eigenvalue weighted by atomic mass is 10.1. The number of likely N-dealkylation sites (N-methyl/N-ethyl adjacent to an activating group) is 1. The van der Waals surface area contributed by atoms with Crippen molar-refractivity contribution in [3.05, 3.63) is 65.2 Å². The van der Waals surface area contributed by atoms with Crippen LogP contribution >= 0.6 is 11.3 Å². The van der Waals surface area contributed by atoms with Gasteiger partial charge >= 0.3 is 0 Å². The molecular formula is C23H28N3O2S+. The summed E-state index contributed by atoms with van der Waals surface area (Å²) in [6.45, 7) is 6.19. The number of carbonyl (C=O) groups is 1. The summed E-state index contributed by atoms with van der Waals surface area (Å²) in [7, 11) is 1.60. The van der Waals surface area contributed by atoms with Crippen molar-refractivity contribution in [3.8, 4) is 16.3 Å². The van der Waals surface area contributed by atoms with Gasteiger partial charge in [-0.15, -0.1) is 11.3 Å². The van der Waals surface area contributed by atoms with Gasteiger partial charge in [0.05, 0.1) is 19.3 Å². The van der Waals surface area contributed by atoms with Crippen molar-refractivity contribution in [2.75, 3.05) is 25.5 Å². The van der Waals surface area contributed by atoms with Crippen LogP contribution in [0.25, 0.3) is 10.6 Å². The number of aromatic nitrogens is 1. The van der Waals surface area contributed by atoms with Crippen LogP contribution in [0.3, 0.4) is 0 Å². The average molecular weight is 411 g/mol. The third-order valence-corrected chi connectivity index (χ3v) is 5.82. The Hall–Kier alpha value is -2.70. The molecule has 0 bridgehead atoms. The smallest absolute Gasteiger partial charge is 0.279 e. The number of aryl methyl sites for hydroxylation is 1.